The van der Waals surface area contributed by atoms with Gasteiger partial charge in [-0.1, -0.05) is 40.9 Å². The SMILES string of the molecule is NC1=CCC(Cl)(Cl)C(Cl)=C1. The van der Waals surface area contributed by atoms with E-state index in [0.29, 0.717) is 17.2 Å². The van der Waals surface area contributed by atoms with Crippen LogP contribution in [0.25, 0.3) is 0 Å². The summed E-state index contributed by atoms with van der Waals surface area (Å²) >= 11 is 17.2. The Morgan fingerprint density at radius 1 is 1.50 bits per heavy atom. The summed E-state index contributed by atoms with van der Waals surface area (Å²) in [5.41, 5.74) is 6.04. The molecule has 4 heteroatoms. The van der Waals surface area contributed by atoms with Gasteiger partial charge in [-0.3, -0.25) is 0 Å². The van der Waals surface area contributed by atoms with Gasteiger partial charge in [-0.15, -0.1) is 0 Å². The van der Waals surface area contributed by atoms with Crippen molar-refractivity contribution in [1.29, 1.82) is 0 Å². The molecule has 0 atom stereocenters. The van der Waals surface area contributed by atoms with Crippen LogP contribution in [0.3, 0.4) is 0 Å². The molecule has 0 heterocycles. The smallest absolute Gasteiger partial charge is 0.157 e. The number of allylic oxidation sites excluding steroid dienone is 3. The summed E-state index contributed by atoms with van der Waals surface area (Å²) in [5.74, 6) is 0. The number of hydrogen-bond acceptors (Lipinski definition) is 1. The van der Waals surface area contributed by atoms with Gasteiger partial charge in [0.15, 0.2) is 4.33 Å². The van der Waals surface area contributed by atoms with Crippen LogP contribution in [0, 0.1) is 0 Å². The van der Waals surface area contributed by atoms with E-state index in [4.69, 9.17) is 40.5 Å². The van der Waals surface area contributed by atoms with Crippen LogP contribution in [0.15, 0.2) is 22.9 Å². The quantitative estimate of drug-likeness (QED) is 0.595. The minimum Gasteiger partial charge on any atom is -0.399 e. The lowest BCUT2D eigenvalue weighted by Gasteiger charge is -2.20. The van der Waals surface area contributed by atoms with E-state index in [0.717, 1.165) is 0 Å². The molecule has 1 rings (SSSR count). The van der Waals surface area contributed by atoms with Gasteiger partial charge in [0.25, 0.3) is 0 Å². The maximum absolute atomic E-state index is 5.75. The minimum absolute atomic E-state index is 0.385. The molecule has 0 aromatic rings. The van der Waals surface area contributed by atoms with E-state index in [1.165, 1.54) is 0 Å². The number of hydrogen-bond donors (Lipinski definition) is 1. The summed E-state index contributed by atoms with van der Waals surface area (Å²) < 4.78 is -0.968. The third kappa shape index (κ3) is 1.60. The first-order chi connectivity index (χ1) is 4.52. The largest absolute Gasteiger partial charge is 0.399 e. The zero-order valence-electron chi connectivity index (χ0n) is 5.07. The van der Waals surface area contributed by atoms with Crippen LogP contribution >= 0.6 is 34.8 Å². The van der Waals surface area contributed by atoms with Crippen molar-refractivity contribution in [2.45, 2.75) is 10.8 Å². The fourth-order valence-corrected chi connectivity index (χ4v) is 1.12. The van der Waals surface area contributed by atoms with Crippen LogP contribution in [-0.2, 0) is 0 Å². The normalized spacial score (nSPS) is 23.5. The molecule has 0 saturated heterocycles. The maximum Gasteiger partial charge on any atom is 0.157 e. The molecule has 0 amide bonds. The molecular formula is C6H6Cl3N. The van der Waals surface area contributed by atoms with Gasteiger partial charge in [-0.25, -0.2) is 0 Å². The van der Waals surface area contributed by atoms with Gasteiger partial charge in [0.1, 0.15) is 0 Å². The fraction of sp³-hybridized carbons (Fsp3) is 0.333. The zero-order chi connectivity index (χ0) is 7.78. The molecule has 0 aromatic carbocycles. The Morgan fingerprint density at radius 2 is 2.10 bits per heavy atom. The monoisotopic (exact) mass is 197 g/mol. The van der Waals surface area contributed by atoms with Crippen LogP contribution < -0.4 is 5.73 Å². The molecule has 1 aliphatic carbocycles. The molecule has 0 radical (unpaired) electrons. The summed E-state index contributed by atoms with van der Waals surface area (Å²) in [5, 5.41) is 0.385. The molecule has 10 heavy (non-hydrogen) atoms. The summed E-state index contributed by atoms with van der Waals surface area (Å²) in [6, 6.07) is 0. The van der Waals surface area contributed by atoms with Crippen molar-refractivity contribution in [3.63, 3.8) is 0 Å². The standard InChI is InChI=1S/C6H6Cl3N/c7-5-3-4(10)1-2-6(5,8)9/h1,3H,2,10H2. The third-order valence-corrected chi connectivity index (χ3v) is 2.58. The Hall–Kier alpha value is 0.150. The Bertz CT molecular complexity index is 205. The zero-order valence-corrected chi connectivity index (χ0v) is 7.34. The number of nitrogens with two attached hydrogens (primary N) is 1. The summed E-state index contributed by atoms with van der Waals surface area (Å²) in [6.07, 6.45) is 3.77. The van der Waals surface area contributed by atoms with Crippen molar-refractivity contribution in [3.05, 3.63) is 22.9 Å². The first-order valence-corrected chi connectivity index (χ1v) is 3.87. The van der Waals surface area contributed by atoms with Crippen LogP contribution in [0.2, 0.25) is 0 Å². The second kappa shape index (κ2) is 2.65. The van der Waals surface area contributed by atoms with E-state index < -0.39 is 4.33 Å². The van der Waals surface area contributed by atoms with Crippen LogP contribution in [0.5, 0.6) is 0 Å². The van der Waals surface area contributed by atoms with Crippen molar-refractivity contribution in [2.24, 2.45) is 5.73 Å². The second-order valence-corrected chi connectivity index (χ2v) is 4.00. The van der Waals surface area contributed by atoms with Crippen molar-refractivity contribution in [1.82, 2.24) is 0 Å². The molecule has 2 N–H and O–H groups in total. The lowest BCUT2D eigenvalue weighted by Crippen LogP contribution is -2.17. The van der Waals surface area contributed by atoms with E-state index >= 15 is 0 Å². The van der Waals surface area contributed by atoms with Gasteiger partial charge in [0, 0.05) is 12.1 Å². The summed E-state index contributed by atoms with van der Waals surface area (Å²) in [6.45, 7) is 0. The first-order valence-electron chi connectivity index (χ1n) is 2.73. The topological polar surface area (TPSA) is 26.0 Å². The molecular weight excluding hydrogens is 192 g/mol. The highest BCUT2D eigenvalue weighted by molar-refractivity contribution is 6.56. The van der Waals surface area contributed by atoms with Gasteiger partial charge in [-0.2, -0.15) is 0 Å². The molecule has 0 saturated carbocycles. The van der Waals surface area contributed by atoms with Gasteiger partial charge >= 0.3 is 0 Å². The Kier molecular flexibility index (Phi) is 2.18. The molecule has 0 unspecified atom stereocenters. The van der Waals surface area contributed by atoms with Gasteiger partial charge < -0.3 is 5.73 Å². The Balaban J connectivity index is 2.88. The lowest BCUT2D eigenvalue weighted by atomic mass is 10.1. The van der Waals surface area contributed by atoms with Crippen LogP contribution in [0.4, 0.5) is 0 Å². The summed E-state index contributed by atoms with van der Waals surface area (Å²) in [4.78, 5) is 0. The van der Waals surface area contributed by atoms with E-state index in [1.54, 1.807) is 12.2 Å². The predicted molar refractivity (Wildman–Crippen MR) is 45.3 cm³/mol. The van der Waals surface area contributed by atoms with Crippen molar-refractivity contribution < 1.29 is 0 Å². The third-order valence-electron chi connectivity index (χ3n) is 1.24. The maximum atomic E-state index is 5.75. The Morgan fingerprint density at radius 3 is 2.50 bits per heavy atom. The van der Waals surface area contributed by atoms with Gasteiger partial charge in [0.2, 0.25) is 0 Å². The highest BCUT2D eigenvalue weighted by Gasteiger charge is 2.29. The van der Waals surface area contributed by atoms with Crippen molar-refractivity contribution in [2.75, 3.05) is 0 Å². The number of halogens is 3. The average molecular weight is 198 g/mol. The van der Waals surface area contributed by atoms with E-state index in [1.807, 2.05) is 0 Å². The molecule has 0 fully saturated rings. The van der Waals surface area contributed by atoms with Crippen molar-refractivity contribution in [3.8, 4) is 0 Å². The molecule has 0 spiro atoms. The number of alkyl halides is 2. The highest BCUT2D eigenvalue weighted by atomic mass is 35.5. The first kappa shape index (κ1) is 8.25. The summed E-state index contributed by atoms with van der Waals surface area (Å²) in [7, 11) is 0. The molecule has 56 valence electrons. The van der Waals surface area contributed by atoms with Crippen molar-refractivity contribution >= 4 is 34.8 Å². The van der Waals surface area contributed by atoms with Gasteiger partial charge in [-0.05, 0) is 6.08 Å². The van der Waals surface area contributed by atoms with E-state index in [-0.39, 0.29) is 0 Å². The Labute approximate surface area is 74.4 Å². The highest BCUT2D eigenvalue weighted by Crippen LogP contribution is 2.39. The molecule has 1 aliphatic rings. The molecule has 0 aromatic heterocycles. The van der Waals surface area contributed by atoms with Gasteiger partial charge in [0.05, 0.1) is 5.03 Å². The molecule has 0 bridgehead atoms. The molecule has 1 nitrogen and oxygen atoms in total. The molecule has 0 aliphatic heterocycles. The predicted octanol–water partition coefficient (Wildman–Crippen LogP) is 2.53. The number of rotatable bonds is 0. The fourth-order valence-electron chi connectivity index (χ4n) is 0.654. The minimum atomic E-state index is -0.968. The second-order valence-electron chi connectivity index (χ2n) is 2.10. The average Bonchev–Trinajstić information content (AvgIpc) is 1.81. The van der Waals surface area contributed by atoms with E-state index in [9.17, 15) is 0 Å². The van der Waals surface area contributed by atoms with Crippen LogP contribution in [-0.4, -0.2) is 4.33 Å². The van der Waals surface area contributed by atoms with E-state index in [2.05, 4.69) is 0 Å². The lowest BCUT2D eigenvalue weighted by molar-refractivity contribution is 0.925. The van der Waals surface area contributed by atoms with Crippen LogP contribution in [0.1, 0.15) is 6.42 Å².